The van der Waals surface area contributed by atoms with E-state index in [-0.39, 0.29) is 24.0 Å². The molecule has 3 N–H and O–H groups in total. The third kappa shape index (κ3) is 3.56. The molecule has 4 heterocycles. The molecule has 2 fully saturated rings. The highest BCUT2D eigenvalue weighted by molar-refractivity contribution is 5.96. The summed E-state index contributed by atoms with van der Waals surface area (Å²) in [7, 11) is 1.49. The standard InChI is InChI=1S/C19H25N7O4/c1-10-12-6-13(21-7-14(12)24-23-10)18(28)26-4-5-30-16-9-25(8-15(16)26)17(27)11(2)22-19(29)20-3/h6-7,11,15-16H,4-5,8-9H2,1-3H3,(H,23,24)(H2,20,22,29)/t11-,15-,16+/m1/s1. The van der Waals surface area contributed by atoms with Crippen molar-refractivity contribution >= 4 is 28.7 Å². The second-order valence-corrected chi connectivity index (χ2v) is 7.60. The van der Waals surface area contributed by atoms with Crippen molar-refractivity contribution in [1.29, 1.82) is 0 Å². The van der Waals surface area contributed by atoms with Crippen LogP contribution in [0.15, 0.2) is 12.3 Å². The summed E-state index contributed by atoms with van der Waals surface area (Å²) in [6.07, 6.45) is 1.32. The highest BCUT2D eigenvalue weighted by Gasteiger charge is 2.44. The maximum atomic E-state index is 13.2. The molecule has 0 aromatic carbocycles. The molecule has 30 heavy (non-hydrogen) atoms. The van der Waals surface area contributed by atoms with Crippen molar-refractivity contribution in [3.05, 3.63) is 23.7 Å². The van der Waals surface area contributed by atoms with Gasteiger partial charge in [-0.05, 0) is 19.9 Å². The number of fused-ring (bicyclic) bond motifs is 2. The maximum Gasteiger partial charge on any atom is 0.315 e. The minimum Gasteiger partial charge on any atom is -0.372 e. The molecule has 3 atom stereocenters. The second-order valence-electron chi connectivity index (χ2n) is 7.60. The van der Waals surface area contributed by atoms with Gasteiger partial charge in [0.1, 0.15) is 17.3 Å². The average Bonchev–Trinajstić information content (AvgIpc) is 3.35. The number of nitrogens with zero attached hydrogens (tertiary/aromatic N) is 4. The summed E-state index contributed by atoms with van der Waals surface area (Å²) in [5.41, 5.74) is 1.92. The number of hydrogen-bond acceptors (Lipinski definition) is 6. The van der Waals surface area contributed by atoms with Gasteiger partial charge in [-0.15, -0.1) is 0 Å². The molecule has 2 aliphatic heterocycles. The Morgan fingerprint density at radius 3 is 2.90 bits per heavy atom. The fourth-order valence-corrected chi connectivity index (χ4v) is 4.03. The first-order chi connectivity index (χ1) is 14.4. The van der Waals surface area contributed by atoms with Crippen LogP contribution >= 0.6 is 0 Å². The summed E-state index contributed by atoms with van der Waals surface area (Å²) in [5, 5.41) is 12.9. The number of likely N-dealkylation sites (tertiary alicyclic amines) is 1. The van der Waals surface area contributed by atoms with Gasteiger partial charge in [0.15, 0.2) is 0 Å². The normalized spacial score (nSPS) is 22.0. The Bertz CT molecular complexity index is 990. The van der Waals surface area contributed by atoms with Gasteiger partial charge in [-0.2, -0.15) is 5.10 Å². The van der Waals surface area contributed by atoms with Crippen molar-refractivity contribution in [2.24, 2.45) is 0 Å². The second kappa shape index (κ2) is 7.90. The van der Waals surface area contributed by atoms with Gasteiger partial charge >= 0.3 is 6.03 Å². The van der Waals surface area contributed by atoms with Crippen LogP contribution in [0, 0.1) is 6.92 Å². The van der Waals surface area contributed by atoms with Gasteiger partial charge in [0.2, 0.25) is 5.91 Å². The molecule has 11 heteroatoms. The molecule has 0 bridgehead atoms. The molecule has 0 saturated carbocycles. The highest BCUT2D eigenvalue weighted by Crippen LogP contribution is 2.25. The first kappa shape index (κ1) is 20.1. The van der Waals surface area contributed by atoms with Crippen molar-refractivity contribution in [2.45, 2.75) is 32.0 Å². The minimum absolute atomic E-state index is 0.193. The number of hydrogen-bond donors (Lipinski definition) is 3. The lowest BCUT2D eigenvalue weighted by atomic mass is 10.1. The number of urea groups is 1. The molecular weight excluding hydrogens is 390 g/mol. The number of H-pyrrole nitrogens is 1. The number of nitrogens with one attached hydrogen (secondary N) is 3. The molecular formula is C19H25N7O4. The predicted octanol–water partition coefficient (Wildman–Crippen LogP) is -0.364. The number of ether oxygens (including phenoxy) is 1. The molecule has 0 unspecified atom stereocenters. The molecule has 0 radical (unpaired) electrons. The van der Waals surface area contributed by atoms with Gasteiger partial charge in [-0.3, -0.25) is 14.7 Å². The van der Waals surface area contributed by atoms with E-state index in [2.05, 4.69) is 25.8 Å². The molecule has 4 rings (SSSR count). The molecule has 4 amide bonds. The lowest BCUT2D eigenvalue weighted by molar-refractivity contribution is -0.132. The zero-order valence-corrected chi connectivity index (χ0v) is 17.1. The Morgan fingerprint density at radius 2 is 2.13 bits per heavy atom. The fourth-order valence-electron chi connectivity index (χ4n) is 4.03. The fraction of sp³-hybridized carbons (Fsp3) is 0.526. The number of carbonyl (C=O) groups is 3. The van der Waals surface area contributed by atoms with Crippen molar-refractivity contribution in [3.63, 3.8) is 0 Å². The SMILES string of the molecule is CNC(=O)N[C@H](C)C(=O)N1C[C@@H]2OCCN(C(=O)c3cc4c(C)[nH]nc4cn3)[C@@H]2C1. The summed E-state index contributed by atoms with van der Waals surface area (Å²) < 4.78 is 5.83. The summed E-state index contributed by atoms with van der Waals surface area (Å²) in [6, 6.07) is 0.387. The van der Waals surface area contributed by atoms with Crippen molar-refractivity contribution < 1.29 is 19.1 Å². The van der Waals surface area contributed by atoms with Crippen LogP contribution in [0.3, 0.4) is 0 Å². The number of aromatic nitrogens is 3. The quantitative estimate of drug-likeness (QED) is 0.627. The van der Waals surface area contributed by atoms with Gasteiger partial charge in [-0.1, -0.05) is 0 Å². The van der Waals surface area contributed by atoms with Crippen LogP contribution in [-0.4, -0.2) is 94.3 Å². The van der Waals surface area contributed by atoms with Crippen molar-refractivity contribution in [2.75, 3.05) is 33.3 Å². The number of aromatic amines is 1. The van der Waals surface area contributed by atoms with Gasteiger partial charge in [0.05, 0.1) is 24.9 Å². The van der Waals surface area contributed by atoms with E-state index in [0.717, 1.165) is 11.1 Å². The zero-order valence-electron chi connectivity index (χ0n) is 17.1. The summed E-state index contributed by atoms with van der Waals surface area (Å²) in [4.78, 5) is 45.1. The number of rotatable bonds is 3. The van der Waals surface area contributed by atoms with Crippen LogP contribution in [0.5, 0.6) is 0 Å². The highest BCUT2D eigenvalue weighted by atomic mass is 16.5. The molecule has 0 aliphatic carbocycles. The third-order valence-corrected chi connectivity index (χ3v) is 5.67. The Kier molecular flexibility index (Phi) is 5.29. The van der Waals surface area contributed by atoms with E-state index < -0.39 is 12.1 Å². The van der Waals surface area contributed by atoms with Crippen LogP contribution in [0.1, 0.15) is 23.1 Å². The Labute approximate surface area is 173 Å². The molecule has 2 saturated heterocycles. The van der Waals surface area contributed by atoms with E-state index in [1.54, 1.807) is 29.0 Å². The van der Waals surface area contributed by atoms with Crippen LogP contribution < -0.4 is 10.6 Å². The predicted molar refractivity (Wildman–Crippen MR) is 107 cm³/mol. The van der Waals surface area contributed by atoms with Gasteiger partial charge in [0.25, 0.3) is 5.91 Å². The Hall–Kier alpha value is -3.21. The lowest BCUT2D eigenvalue weighted by Crippen LogP contribution is -2.53. The van der Waals surface area contributed by atoms with E-state index >= 15 is 0 Å². The van der Waals surface area contributed by atoms with Crippen LogP contribution in [0.4, 0.5) is 4.79 Å². The van der Waals surface area contributed by atoms with Crippen molar-refractivity contribution in [1.82, 2.24) is 35.6 Å². The van der Waals surface area contributed by atoms with Gasteiger partial charge in [0, 0.05) is 37.8 Å². The van der Waals surface area contributed by atoms with Gasteiger partial charge in [-0.25, -0.2) is 9.78 Å². The maximum absolute atomic E-state index is 13.2. The first-order valence-corrected chi connectivity index (χ1v) is 9.89. The van der Waals surface area contributed by atoms with E-state index in [1.807, 2.05) is 6.92 Å². The van der Waals surface area contributed by atoms with Gasteiger partial charge < -0.3 is 25.2 Å². The number of carbonyl (C=O) groups excluding carboxylic acids is 3. The molecule has 2 aromatic rings. The number of morpholine rings is 1. The number of aryl methyl sites for hydroxylation is 1. The zero-order chi connectivity index (χ0) is 21.4. The number of pyridine rings is 1. The summed E-state index contributed by atoms with van der Waals surface area (Å²) in [5.74, 6) is -0.404. The van der Waals surface area contributed by atoms with Crippen LogP contribution in [0.2, 0.25) is 0 Å². The molecule has 0 spiro atoms. The van der Waals surface area contributed by atoms with Crippen LogP contribution in [0.25, 0.3) is 10.9 Å². The van der Waals surface area contributed by atoms with Crippen LogP contribution in [-0.2, 0) is 9.53 Å². The molecule has 11 nitrogen and oxygen atoms in total. The summed E-state index contributed by atoms with van der Waals surface area (Å²) >= 11 is 0. The Morgan fingerprint density at radius 1 is 1.33 bits per heavy atom. The summed E-state index contributed by atoms with van der Waals surface area (Å²) in [6.45, 7) is 5.08. The molecule has 160 valence electrons. The van der Waals surface area contributed by atoms with E-state index in [4.69, 9.17) is 4.74 Å². The largest absolute Gasteiger partial charge is 0.372 e. The van der Waals surface area contributed by atoms with Crippen molar-refractivity contribution in [3.8, 4) is 0 Å². The first-order valence-electron chi connectivity index (χ1n) is 9.89. The Balaban J connectivity index is 1.50. The monoisotopic (exact) mass is 415 g/mol. The third-order valence-electron chi connectivity index (χ3n) is 5.67. The van der Waals surface area contributed by atoms with E-state index in [0.29, 0.717) is 37.5 Å². The topological polar surface area (TPSA) is 133 Å². The average molecular weight is 415 g/mol. The number of amides is 4. The minimum atomic E-state index is -0.678. The molecule has 2 aromatic heterocycles. The van der Waals surface area contributed by atoms with E-state index in [9.17, 15) is 14.4 Å². The molecule has 2 aliphatic rings. The van der Waals surface area contributed by atoms with E-state index in [1.165, 1.54) is 7.05 Å². The lowest BCUT2D eigenvalue weighted by Gasteiger charge is -2.36. The smallest absolute Gasteiger partial charge is 0.315 e.